The first-order valence-corrected chi connectivity index (χ1v) is 6.31. The number of hydrogen-bond acceptors (Lipinski definition) is 3. The number of aromatic nitrogens is 2. The number of methoxy groups -OCH3 is 1. The summed E-state index contributed by atoms with van der Waals surface area (Å²) in [4.78, 5) is 4.56. The fourth-order valence-electron chi connectivity index (χ4n) is 2.12. The van der Waals surface area contributed by atoms with Crippen molar-refractivity contribution >= 4 is 22.6 Å². The number of rotatable bonds is 4. The average Bonchev–Trinajstić information content (AvgIpc) is 3.00. The van der Waals surface area contributed by atoms with Gasteiger partial charge in [0.05, 0.1) is 23.8 Å². The summed E-state index contributed by atoms with van der Waals surface area (Å²) in [7, 11) is 1.66. The molecule has 0 atom stereocenters. The molecule has 0 aliphatic carbocycles. The van der Waals surface area contributed by atoms with Gasteiger partial charge in [-0.25, -0.2) is 4.98 Å². The molecule has 0 radical (unpaired) electrons. The van der Waals surface area contributed by atoms with E-state index in [4.69, 9.17) is 20.8 Å². The second-order valence-electron chi connectivity index (χ2n) is 4.26. The summed E-state index contributed by atoms with van der Waals surface area (Å²) in [6.45, 7) is 1.07. The molecule has 0 unspecified atom stereocenters. The van der Waals surface area contributed by atoms with Crippen LogP contribution in [-0.2, 0) is 17.9 Å². The van der Waals surface area contributed by atoms with Gasteiger partial charge in [0.1, 0.15) is 18.2 Å². The topological polar surface area (TPSA) is 40.2 Å². The molecule has 19 heavy (non-hydrogen) atoms. The minimum Gasteiger partial charge on any atom is -0.467 e. The normalized spacial score (nSPS) is 11.3. The van der Waals surface area contributed by atoms with E-state index >= 15 is 0 Å². The lowest BCUT2D eigenvalue weighted by Crippen LogP contribution is -2.05. The Hall–Kier alpha value is -1.78. The molecule has 0 N–H and O–H groups in total. The number of imidazole rings is 1. The maximum atomic E-state index is 6.06. The third-order valence-electron chi connectivity index (χ3n) is 2.96. The van der Waals surface area contributed by atoms with Crippen molar-refractivity contribution in [3.63, 3.8) is 0 Å². The highest BCUT2D eigenvalue weighted by Gasteiger charge is 2.12. The van der Waals surface area contributed by atoms with Gasteiger partial charge in [-0.3, -0.25) is 0 Å². The van der Waals surface area contributed by atoms with Gasteiger partial charge in [-0.05, 0) is 30.3 Å². The molecule has 3 rings (SSSR count). The van der Waals surface area contributed by atoms with Crippen LogP contribution in [0.1, 0.15) is 11.6 Å². The number of hydrogen-bond donors (Lipinski definition) is 0. The Kier molecular flexibility index (Phi) is 3.27. The highest BCUT2D eigenvalue weighted by molar-refractivity contribution is 6.31. The summed E-state index contributed by atoms with van der Waals surface area (Å²) < 4.78 is 12.7. The van der Waals surface area contributed by atoms with Gasteiger partial charge in [-0.2, -0.15) is 0 Å². The van der Waals surface area contributed by atoms with Crippen LogP contribution in [0.25, 0.3) is 11.0 Å². The number of benzene rings is 1. The van der Waals surface area contributed by atoms with Gasteiger partial charge in [0, 0.05) is 12.1 Å². The first-order chi connectivity index (χ1) is 9.28. The fourth-order valence-corrected chi connectivity index (χ4v) is 2.29. The Labute approximate surface area is 115 Å². The third-order valence-corrected chi connectivity index (χ3v) is 3.19. The summed E-state index contributed by atoms with van der Waals surface area (Å²) in [5.41, 5.74) is 1.89. The van der Waals surface area contributed by atoms with Crippen molar-refractivity contribution in [3.8, 4) is 0 Å². The fraction of sp³-hybridized carbons (Fsp3) is 0.214. The van der Waals surface area contributed by atoms with Gasteiger partial charge < -0.3 is 13.7 Å². The van der Waals surface area contributed by atoms with Crippen LogP contribution in [0.4, 0.5) is 0 Å². The van der Waals surface area contributed by atoms with E-state index in [0.29, 0.717) is 18.2 Å². The number of halogens is 1. The Bertz CT molecular complexity index is 689. The molecule has 98 valence electrons. The number of furan rings is 1. The zero-order valence-corrected chi connectivity index (χ0v) is 11.2. The Morgan fingerprint density at radius 2 is 2.26 bits per heavy atom. The molecule has 0 spiro atoms. The van der Waals surface area contributed by atoms with Gasteiger partial charge in [0.25, 0.3) is 0 Å². The molecule has 0 aliphatic rings. The molecule has 0 saturated carbocycles. The van der Waals surface area contributed by atoms with Crippen molar-refractivity contribution in [1.29, 1.82) is 0 Å². The molecular formula is C14H13ClN2O2. The molecule has 2 heterocycles. The van der Waals surface area contributed by atoms with Crippen LogP contribution in [0.3, 0.4) is 0 Å². The van der Waals surface area contributed by atoms with Crippen molar-refractivity contribution in [1.82, 2.24) is 9.55 Å². The number of fused-ring (bicyclic) bond motifs is 1. The van der Waals surface area contributed by atoms with Gasteiger partial charge in [0.15, 0.2) is 0 Å². The zero-order chi connectivity index (χ0) is 13.2. The Morgan fingerprint density at radius 3 is 3.00 bits per heavy atom. The van der Waals surface area contributed by atoms with E-state index in [1.54, 1.807) is 13.4 Å². The van der Waals surface area contributed by atoms with Crippen LogP contribution in [0, 0.1) is 0 Å². The first kappa shape index (κ1) is 12.3. The SMILES string of the molecule is COCc1nc2ccc(Cl)cc2n1Cc1ccco1. The lowest BCUT2D eigenvalue weighted by atomic mass is 10.3. The molecule has 0 amide bonds. The quantitative estimate of drug-likeness (QED) is 0.732. The highest BCUT2D eigenvalue weighted by atomic mass is 35.5. The highest BCUT2D eigenvalue weighted by Crippen LogP contribution is 2.22. The van der Waals surface area contributed by atoms with Crippen molar-refractivity contribution in [2.75, 3.05) is 7.11 Å². The van der Waals surface area contributed by atoms with E-state index in [9.17, 15) is 0 Å². The first-order valence-electron chi connectivity index (χ1n) is 5.94. The molecule has 0 fully saturated rings. The van der Waals surface area contributed by atoms with Gasteiger partial charge >= 0.3 is 0 Å². The zero-order valence-electron chi connectivity index (χ0n) is 10.5. The maximum Gasteiger partial charge on any atom is 0.136 e. The predicted octanol–water partition coefficient (Wildman–Crippen LogP) is 3.48. The summed E-state index contributed by atoms with van der Waals surface area (Å²) in [6, 6.07) is 9.47. The lowest BCUT2D eigenvalue weighted by Gasteiger charge is -2.06. The van der Waals surface area contributed by atoms with Crippen molar-refractivity contribution in [2.45, 2.75) is 13.2 Å². The molecule has 0 saturated heterocycles. The average molecular weight is 277 g/mol. The van der Waals surface area contributed by atoms with Gasteiger partial charge in [0.2, 0.25) is 0 Å². The van der Waals surface area contributed by atoms with E-state index in [2.05, 4.69) is 9.55 Å². The number of nitrogens with zero attached hydrogens (tertiary/aromatic N) is 2. The molecule has 2 aromatic heterocycles. The van der Waals surface area contributed by atoms with E-state index in [-0.39, 0.29) is 0 Å². The minimum atomic E-state index is 0.451. The van der Waals surface area contributed by atoms with Crippen LogP contribution in [0.5, 0.6) is 0 Å². The largest absolute Gasteiger partial charge is 0.467 e. The second-order valence-corrected chi connectivity index (χ2v) is 4.70. The van der Waals surface area contributed by atoms with Crippen LogP contribution < -0.4 is 0 Å². The van der Waals surface area contributed by atoms with E-state index in [1.807, 2.05) is 30.3 Å². The molecule has 0 bridgehead atoms. The second kappa shape index (κ2) is 5.07. The van der Waals surface area contributed by atoms with Gasteiger partial charge in [-0.1, -0.05) is 11.6 Å². The molecule has 1 aromatic carbocycles. The van der Waals surface area contributed by atoms with Crippen molar-refractivity contribution in [2.24, 2.45) is 0 Å². The van der Waals surface area contributed by atoms with Crippen LogP contribution >= 0.6 is 11.6 Å². The Morgan fingerprint density at radius 1 is 1.37 bits per heavy atom. The summed E-state index contributed by atoms with van der Waals surface area (Å²) in [5.74, 6) is 1.73. The lowest BCUT2D eigenvalue weighted by molar-refractivity contribution is 0.175. The smallest absolute Gasteiger partial charge is 0.136 e. The summed E-state index contributed by atoms with van der Waals surface area (Å²) in [6.07, 6.45) is 1.66. The van der Waals surface area contributed by atoms with Crippen molar-refractivity contribution < 1.29 is 9.15 Å². The molecule has 4 nitrogen and oxygen atoms in total. The van der Waals surface area contributed by atoms with E-state index in [1.165, 1.54) is 0 Å². The number of ether oxygens (including phenoxy) is 1. The molecule has 0 aliphatic heterocycles. The van der Waals surface area contributed by atoms with Gasteiger partial charge in [-0.15, -0.1) is 0 Å². The van der Waals surface area contributed by atoms with E-state index in [0.717, 1.165) is 22.6 Å². The molecular weight excluding hydrogens is 264 g/mol. The summed E-state index contributed by atoms with van der Waals surface area (Å²) >= 11 is 6.06. The van der Waals surface area contributed by atoms with Crippen molar-refractivity contribution in [3.05, 3.63) is 53.2 Å². The standard InChI is InChI=1S/C14H13ClN2O2/c1-18-9-14-16-12-5-4-10(15)7-13(12)17(14)8-11-3-2-6-19-11/h2-7H,8-9H2,1H3. The molecule has 5 heteroatoms. The van der Waals surface area contributed by atoms with Crippen LogP contribution in [0.2, 0.25) is 5.02 Å². The Balaban J connectivity index is 2.12. The summed E-state index contributed by atoms with van der Waals surface area (Å²) in [5, 5.41) is 0.692. The monoisotopic (exact) mass is 276 g/mol. The maximum absolute atomic E-state index is 6.06. The predicted molar refractivity (Wildman–Crippen MR) is 73.3 cm³/mol. The van der Waals surface area contributed by atoms with Crippen LogP contribution in [0.15, 0.2) is 41.0 Å². The molecule has 3 aromatic rings. The minimum absolute atomic E-state index is 0.451. The van der Waals surface area contributed by atoms with Crippen LogP contribution in [-0.4, -0.2) is 16.7 Å². The third kappa shape index (κ3) is 2.37. The van der Waals surface area contributed by atoms with E-state index < -0.39 is 0 Å².